The Morgan fingerprint density at radius 2 is 1.80 bits per heavy atom. The van der Waals surface area contributed by atoms with E-state index >= 15 is 0 Å². The molecule has 104 valence electrons. The highest BCUT2D eigenvalue weighted by molar-refractivity contribution is 6.37. The second kappa shape index (κ2) is 4.53. The Hall–Kier alpha value is -1.46. The Bertz CT molecular complexity index is 694. The van der Waals surface area contributed by atoms with Gasteiger partial charge in [-0.25, -0.2) is 4.68 Å². The topological polar surface area (TPSA) is 17.8 Å². The quantitative estimate of drug-likeness (QED) is 0.740. The first-order valence-corrected chi connectivity index (χ1v) is 6.43. The average Bonchev–Trinajstić information content (AvgIpc) is 2.87. The molecule has 3 rings (SSSR count). The highest BCUT2D eigenvalue weighted by atomic mass is 35.5. The van der Waals surface area contributed by atoms with E-state index in [0.29, 0.717) is 0 Å². The smallest absolute Gasteiger partial charge is 0.237 e. The Balaban J connectivity index is 2.12. The molecule has 0 amide bonds. The van der Waals surface area contributed by atoms with Crippen LogP contribution in [0.25, 0.3) is 11.8 Å². The minimum Gasteiger partial charge on any atom is -0.237 e. The second-order valence-electron chi connectivity index (χ2n) is 4.38. The fourth-order valence-corrected chi connectivity index (χ4v) is 2.74. The molecule has 0 saturated heterocycles. The highest BCUT2D eigenvalue weighted by Gasteiger charge is 2.32. The zero-order valence-corrected chi connectivity index (χ0v) is 11.4. The molecule has 1 heterocycles. The Morgan fingerprint density at radius 3 is 2.35 bits per heavy atom. The van der Waals surface area contributed by atoms with E-state index in [4.69, 9.17) is 23.2 Å². The maximum Gasteiger partial charge on any atom is 0.416 e. The predicted octanol–water partition coefficient (Wildman–Crippen LogP) is 4.77. The van der Waals surface area contributed by atoms with Crippen molar-refractivity contribution in [1.29, 1.82) is 0 Å². The molecule has 0 unspecified atom stereocenters. The maximum atomic E-state index is 12.7. The average molecular weight is 319 g/mol. The first kappa shape index (κ1) is 13.5. The van der Waals surface area contributed by atoms with Gasteiger partial charge in [-0.05, 0) is 24.6 Å². The van der Waals surface area contributed by atoms with Crippen LogP contribution in [0.15, 0.2) is 24.4 Å². The molecule has 0 fully saturated rings. The summed E-state index contributed by atoms with van der Waals surface area (Å²) in [5.41, 5.74) is 1.13. The van der Waals surface area contributed by atoms with E-state index in [1.165, 1.54) is 4.68 Å². The van der Waals surface area contributed by atoms with Crippen molar-refractivity contribution in [1.82, 2.24) is 9.78 Å². The summed E-state index contributed by atoms with van der Waals surface area (Å²) >= 11 is 11.9. The van der Waals surface area contributed by atoms with Gasteiger partial charge in [0.15, 0.2) is 0 Å². The number of halogens is 5. The van der Waals surface area contributed by atoms with Gasteiger partial charge >= 0.3 is 6.18 Å². The lowest BCUT2D eigenvalue weighted by molar-refractivity contribution is -0.137. The summed E-state index contributed by atoms with van der Waals surface area (Å²) in [6.45, 7) is 0. The lowest BCUT2D eigenvalue weighted by Gasteiger charge is -2.12. The molecule has 0 spiro atoms. The molecular formula is C13H7Cl2F3N2. The molecule has 2 nitrogen and oxygen atoms in total. The van der Waals surface area contributed by atoms with Gasteiger partial charge in [0.25, 0.3) is 0 Å². The van der Waals surface area contributed by atoms with E-state index < -0.39 is 11.7 Å². The van der Waals surface area contributed by atoms with Crippen LogP contribution in [0.3, 0.4) is 0 Å². The van der Waals surface area contributed by atoms with Crippen LogP contribution in [-0.4, -0.2) is 9.78 Å². The fourth-order valence-electron chi connectivity index (χ4n) is 2.08. The third kappa shape index (κ3) is 2.21. The number of fused-ring (bicyclic) bond motifs is 1. The number of nitrogens with zero attached hydrogens (tertiary/aromatic N) is 2. The summed E-state index contributed by atoms with van der Waals surface area (Å²) in [7, 11) is 0. The van der Waals surface area contributed by atoms with Gasteiger partial charge in [0, 0.05) is 11.8 Å². The van der Waals surface area contributed by atoms with Crippen molar-refractivity contribution in [3.63, 3.8) is 0 Å². The second-order valence-corrected chi connectivity index (χ2v) is 5.19. The third-order valence-corrected chi connectivity index (χ3v) is 3.59. The number of rotatable bonds is 1. The van der Waals surface area contributed by atoms with Crippen molar-refractivity contribution in [2.75, 3.05) is 0 Å². The predicted molar refractivity (Wildman–Crippen MR) is 71.3 cm³/mol. The summed E-state index contributed by atoms with van der Waals surface area (Å²) in [5, 5.41) is 4.08. The monoisotopic (exact) mass is 318 g/mol. The summed E-state index contributed by atoms with van der Waals surface area (Å²) in [4.78, 5) is 0. The molecular weight excluding hydrogens is 312 g/mol. The first-order valence-electron chi connectivity index (χ1n) is 5.68. The fraction of sp³-hybridized carbons (Fsp3) is 0.154. The van der Waals surface area contributed by atoms with Crippen LogP contribution in [0.5, 0.6) is 0 Å². The van der Waals surface area contributed by atoms with E-state index in [1.807, 2.05) is 12.2 Å². The van der Waals surface area contributed by atoms with Crippen LogP contribution in [0.4, 0.5) is 13.2 Å². The van der Waals surface area contributed by atoms with Gasteiger partial charge < -0.3 is 0 Å². The lowest BCUT2D eigenvalue weighted by atomic mass is 10.2. The Morgan fingerprint density at radius 1 is 1.15 bits per heavy atom. The van der Waals surface area contributed by atoms with E-state index in [1.54, 1.807) is 6.20 Å². The molecule has 20 heavy (non-hydrogen) atoms. The van der Waals surface area contributed by atoms with Crippen molar-refractivity contribution >= 4 is 29.3 Å². The van der Waals surface area contributed by atoms with Gasteiger partial charge in [-0.15, -0.1) is 0 Å². The molecule has 0 radical (unpaired) electrons. The molecule has 1 aliphatic carbocycles. The molecule has 0 N–H and O–H groups in total. The van der Waals surface area contributed by atoms with E-state index in [2.05, 4.69) is 5.10 Å². The van der Waals surface area contributed by atoms with Gasteiger partial charge in [0.05, 0.1) is 21.3 Å². The van der Waals surface area contributed by atoms with Gasteiger partial charge in [-0.1, -0.05) is 29.3 Å². The molecule has 1 aliphatic rings. The third-order valence-electron chi connectivity index (χ3n) is 3.01. The van der Waals surface area contributed by atoms with Crippen LogP contribution in [0.1, 0.15) is 16.8 Å². The van der Waals surface area contributed by atoms with Crippen molar-refractivity contribution in [2.45, 2.75) is 12.6 Å². The van der Waals surface area contributed by atoms with E-state index in [0.717, 1.165) is 29.8 Å². The lowest BCUT2D eigenvalue weighted by Crippen LogP contribution is -2.07. The number of aromatic nitrogens is 2. The van der Waals surface area contributed by atoms with Crippen molar-refractivity contribution in [2.24, 2.45) is 0 Å². The summed E-state index contributed by atoms with van der Waals surface area (Å²) in [6.07, 6.45) is 1.77. The number of allylic oxidation sites excluding steroid dienone is 1. The summed E-state index contributed by atoms with van der Waals surface area (Å²) in [6, 6.07) is 1.71. The SMILES string of the molecule is FC(F)(F)c1cc(Cl)c(-n2cc3c(n2)C=CC3)c(Cl)c1. The minimum absolute atomic E-state index is 0.0880. The first-order chi connectivity index (χ1) is 9.36. The van der Waals surface area contributed by atoms with Crippen LogP contribution in [0, 0.1) is 0 Å². The standard InChI is InChI=1S/C13H7Cl2F3N2/c14-9-4-8(13(16,17)18)5-10(15)12(9)20-6-7-2-1-3-11(7)19-20/h1,3-6H,2H2. The molecule has 0 bridgehead atoms. The number of hydrogen-bond acceptors (Lipinski definition) is 1. The van der Waals surface area contributed by atoms with Crippen molar-refractivity contribution < 1.29 is 13.2 Å². The van der Waals surface area contributed by atoms with Crippen LogP contribution in [-0.2, 0) is 12.6 Å². The van der Waals surface area contributed by atoms with Gasteiger partial charge in [0.1, 0.15) is 5.69 Å². The molecule has 1 aromatic carbocycles. The minimum atomic E-state index is -4.49. The Labute approximate surface area is 122 Å². The molecule has 2 aromatic rings. The van der Waals surface area contributed by atoms with Gasteiger partial charge in [-0.3, -0.25) is 0 Å². The van der Waals surface area contributed by atoms with Crippen LogP contribution in [0.2, 0.25) is 10.0 Å². The normalized spacial score (nSPS) is 13.8. The number of alkyl halides is 3. The maximum absolute atomic E-state index is 12.7. The van der Waals surface area contributed by atoms with E-state index in [9.17, 15) is 13.2 Å². The molecule has 7 heteroatoms. The summed E-state index contributed by atoms with van der Waals surface area (Å²) < 4.78 is 39.4. The molecule has 0 atom stereocenters. The molecule has 0 saturated carbocycles. The summed E-state index contributed by atoms with van der Waals surface area (Å²) in [5.74, 6) is 0. The molecule has 1 aromatic heterocycles. The van der Waals surface area contributed by atoms with Crippen LogP contribution < -0.4 is 0 Å². The largest absolute Gasteiger partial charge is 0.416 e. The number of benzene rings is 1. The highest BCUT2D eigenvalue weighted by Crippen LogP contribution is 2.37. The number of hydrogen-bond donors (Lipinski definition) is 0. The van der Waals surface area contributed by atoms with Gasteiger partial charge in [-0.2, -0.15) is 18.3 Å². The van der Waals surface area contributed by atoms with Crippen molar-refractivity contribution in [3.05, 3.63) is 51.3 Å². The molecule has 0 aliphatic heterocycles. The van der Waals surface area contributed by atoms with E-state index in [-0.39, 0.29) is 15.7 Å². The zero-order chi connectivity index (χ0) is 14.5. The zero-order valence-electron chi connectivity index (χ0n) is 9.88. The van der Waals surface area contributed by atoms with Crippen molar-refractivity contribution in [3.8, 4) is 5.69 Å². The van der Waals surface area contributed by atoms with Crippen LogP contribution >= 0.6 is 23.2 Å². The Kier molecular flexibility index (Phi) is 3.06. The van der Waals surface area contributed by atoms with Gasteiger partial charge in [0.2, 0.25) is 0 Å².